The molecule has 0 aromatic heterocycles. The summed E-state index contributed by atoms with van der Waals surface area (Å²) in [5, 5.41) is 11.1. The molecule has 1 aliphatic carbocycles. The minimum absolute atomic E-state index is 0.00820. The van der Waals surface area contributed by atoms with Gasteiger partial charge in [-0.1, -0.05) is 18.2 Å². The van der Waals surface area contributed by atoms with Gasteiger partial charge >= 0.3 is 6.09 Å². The average Bonchev–Trinajstić information content (AvgIpc) is 2.39. The maximum absolute atomic E-state index is 11.0. The van der Waals surface area contributed by atoms with E-state index in [9.17, 15) is 9.59 Å². The molecule has 1 aliphatic rings. The summed E-state index contributed by atoms with van der Waals surface area (Å²) >= 11 is 0. The third-order valence-electron chi connectivity index (χ3n) is 3.28. The number of allylic oxidation sites excluding steroid dienone is 1. The van der Waals surface area contributed by atoms with Crippen LogP contribution in [0.4, 0.5) is 4.79 Å². The standard InChI is InChI=1S/C14H16N2O3/c15-13(17)11-3-1-9(2-4-11)10-5-7-12(8-6-10)16-14(18)19/h1-5,12,16H,6-8H2,(H2,15,17)(H,18,19)/t12-/m0/s1. The number of amides is 2. The molecule has 0 spiro atoms. The lowest BCUT2D eigenvalue weighted by Crippen LogP contribution is -2.34. The highest BCUT2D eigenvalue weighted by atomic mass is 16.4. The van der Waals surface area contributed by atoms with Crippen LogP contribution in [0.5, 0.6) is 0 Å². The van der Waals surface area contributed by atoms with E-state index >= 15 is 0 Å². The Morgan fingerprint density at radius 2 is 1.95 bits per heavy atom. The van der Waals surface area contributed by atoms with E-state index in [2.05, 4.69) is 5.32 Å². The van der Waals surface area contributed by atoms with Crippen molar-refractivity contribution < 1.29 is 14.7 Å². The van der Waals surface area contributed by atoms with Crippen LogP contribution < -0.4 is 11.1 Å². The van der Waals surface area contributed by atoms with Gasteiger partial charge in [0.1, 0.15) is 0 Å². The normalized spacial score (nSPS) is 18.5. The molecule has 1 aromatic rings. The first-order chi connectivity index (χ1) is 9.06. The fourth-order valence-corrected chi connectivity index (χ4v) is 2.25. The largest absolute Gasteiger partial charge is 0.465 e. The number of carbonyl (C=O) groups is 2. The number of hydrogen-bond donors (Lipinski definition) is 3. The Hall–Kier alpha value is -2.30. The highest BCUT2D eigenvalue weighted by Gasteiger charge is 2.16. The molecule has 0 fully saturated rings. The third-order valence-corrected chi connectivity index (χ3v) is 3.28. The van der Waals surface area contributed by atoms with Gasteiger partial charge in [-0.3, -0.25) is 4.79 Å². The number of primary amides is 1. The second-order valence-corrected chi connectivity index (χ2v) is 4.59. The van der Waals surface area contributed by atoms with Crippen LogP contribution in [0, 0.1) is 0 Å². The van der Waals surface area contributed by atoms with Crippen LogP contribution in [-0.2, 0) is 0 Å². The van der Waals surface area contributed by atoms with Gasteiger partial charge in [0, 0.05) is 11.6 Å². The number of hydrogen-bond acceptors (Lipinski definition) is 2. The Morgan fingerprint density at radius 3 is 2.42 bits per heavy atom. The van der Waals surface area contributed by atoms with Crippen LogP contribution in [-0.4, -0.2) is 23.1 Å². The van der Waals surface area contributed by atoms with E-state index in [1.165, 1.54) is 5.57 Å². The van der Waals surface area contributed by atoms with Crippen molar-refractivity contribution in [2.24, 2.45) is 5.73 Å². The van der Waals surface area contributed by atoms with Crippen LogP contribution in [0.25, 0.3) is 5.57 Å². The molecule has 0 unspecified atom stereocenters. The zero-order valence-electron chi connectivity index (χ0n) is 10.4. The molecule has 0 bridgehead atoms. The van der Waals surface area contributed by atoms with E-state index in [1.807, 2.05) is 18.2 Å². The Kier molecular flexibility index (Phi) is 3.85. The number of carbonyl (C=O) groups excluding carboxylic acids is 1. The molecule has 0 saturated carbocycles. The van der Waals surface area contributed by atoms with Crippen molar-refractivity contribution in [1.82, 2.24) is 5.32 Å². The second kappa shape index (κ2) is 5.56. The Bertz CT molecular complexity index is 520. The van der Waals surface area contributed by atoms with E-state index in [0.717, 1.165) is 18.4 Å². The monoisotopic (exact) mass is 260 g/mol. The van der Waals surface area contributed by atoms with Crippen molar-refractivity contribution in [2.45, 2.75) is 25.3 Å². The molecule has 0 saturated heterocycles. The first-order valence-corrected chi connectivity index (χ1v) is 6.15. The van der Waals surface area contributed by atoms with E-state index < -0.39 is 12.0 Å². The smallest absolute Gasteiger partial charge is 0.404 e. The average molecular weight is 260 g/mol. The van der Waals surface area contributed by atoms with Crippen molar-refractivity contribution in [2.75, 3.05) is 0 Å². The van der Waals surface area contributed by atoms with Crippen LogP contribution in [0.1, 0.15) is 35.2 Å². The van der Waals surface area contributed by atoms with Crippen molar-refractivity contribution >= 4 is 17.6 Å². The van der Waals surface area contributed by atoms with Gasteiger partial charge in [-0.05, 0) is 42.5 Å². The molecule has 5 heteroatoms. The topological polar surface area (TPSA) is 92.4 Å². The van der Waals surface area contributed by atoms with Crippen molar-refractivity contribution in [3.63, 3.8) is 0 Å². The molecule has 2 amide bonds. The number of rotatable bonds is 3. The summed E-state index contributed by atoms with van der Waals surface area (Å²) in [6, 6.07) is 7.15. The summed E-state index contributed by atoms with van der Waals surface area (Å²) in [7, 11) is 0. The van der Waals surface area contributed by atoms with Crippen LogP contribution >= 0.6 is 0 Å². The first-order valence-electron chi connectivity index (χ1n) is 6.15. The quantitative estimate of drug-likeness (QED) is 0.776. The summed E-state index contributed by atoms with van der Waals surface area (Å²) in [5.41, 5.74) is 7.92. The Labute approximate surface area is 111 Å². The van der Waals surface area contributed by atoms with Gasteiger partial charge in [-0.15, -0.1) is 0 Å². The van der Waals surface area contributed by atoms with Gasteiger partial charge in [0.25, 0.3) is 0 Å². The van der Waals surface area contributed by atoms with Crippen LogP contribution in [0.2, 0.25) is 0 Å². The molecule has 1 atom stereocenters. The molecular formula is C14H16N2O3. The van der Waals surface area contributed by atoms with Crippen LogP contribution in [0.15, 0.2) is 30.3 Å². The van der Waals surface area contributed by atoms with E-state index in [4.69, 9.17) is 10.8 Å². The summed E-state index contributed by atoms with van der Waals surface area (Å²) in [6.45, 7) is 0. The Morgan fingerprint density at radius 1 is 1.26 bits per heavy atom. The zero-order valence-corrected chi connectivity index (χ0v) is 10.4. The molecular weight excluding hydrogens is 244 g/mol. The van der Waals surface area contributed by atoms with Gasteiger partial charge in [-0.2, -0.15) is 0 Å². The lowest BCUT2D eigenvalue weighted by atomic mass is 9.90. The lowest BCUT2D eigenvalue weighted by Gasteiger charge is -2.22. The van der Waals surface area contributed by atoms with Gasteiger partial charge in [0.05, 0.1) is 0 Å². The van der Waals surface area contributed by atoms with E-state index in [-0.39, 0.29) is 6.04 Å². The molecule has 2 rings (SSSR count). The second-order valence-electron chi connectivity index (χ2n) is 4.59. The summed E-state index contributed by atoms with van der Waals surface area (Å²) in [5.74, 6) is -0.435. The Balaban J connectivity index is 2.05. The number of benzene rings is 1. The SMILES string of the molecule is NC(=O)c1ccc(C2=CC[C@H](NC(=O)O)CC2)cc1. The lowest BCUT2D eigenvalue weighted by molar-refractivity contribution is 0.1000. The maximum atomic E-state index is 11.0. The van der Waals surface area contributed by atoms with Gasteiger partial charge in [-0.25, -0.2) is 4.79 Å². The fraction of sp³-hybridized carbons (Fsp3) is 0.286. The van der Waals surface area contributed by atoms with Crippen molar-refractivity contribution in [1.29, 1.82) is 0 Å². The molecule has 0 heterocycles. The summed E-state index contributed by atoms with van der Waals surface area (Å²) in [4.78, 5) is 21.5. The molecule has 100 valence electrons. The van der Waals surface area contributed by atoms with E-state index in [0.29, 0.717) is 12.0 Å². The molecule has 0 aliphatic heterocycles. The molecule has 0 radical (unpaired) electrons. The molecule has 4 N–H and O–H groups in total. The minimum Gasteiger partial charge on any atom is -0.465 e. The fourth-order valence-electron chi connectivity index (χ4n) is 2.25. The van der Waals surface area contributed by atoms with Crippen LogP contribution in [0.3, 0.4) is 0 Å². The van der Waals surface area contributed by atoms with Gasteiger partial charge in [0.2, 0.25) is 5.91 Å². The van der Waals surface area contributed by atoms with Gasteiger partial charge < -0.3 is 16.2 Å². The van der Waals surface area contributed by atoms with E-state index in [1.54, 1.807) is 12.1 Å². The number of nitrogens with two attached hydrogens (primary N) is 1. The van der Waals surface area contributed by atoms with Crippen molar-refractivity contribution in [3.8, 4) is 0 Å². The minimum atomic E-state index is -0.979. The zero-order chi connectivity index (χ0) is 13.8. The maximum Gasteiger partial charge on any atom is 0.404 e. The highest BCUT2D eigenvalue weighted by molar-refractivity contribution is 5.93. The molecule has 5 nitrogen and oxygen atoms in total. The predicted octanol–water partition coefficient (Wildman–Crippen LogP) is 1.99. The van der Waals surface area contributed by atoms with Crippen molar-refractivity contribution in [3.05, 3.63) is 41.5 Å². The molecule has 19 heavy (non-hydrogen) atoms. The number of carboxylic acid groups (broad SMARTS) is 1. The first kappa shape index (κ1) is 13.1. The molecule has 1 aromatic carbocycles. The summed E-state index contributed by atoms with van der Waals surface area (Å²) in [6.07, 6.45) is 3.37. The summed E-state index contributed by atoms with van der Waals surface area (Å²) < 4.78 is 0. The third kappa shape index (κ3) is 3.34. The predicted molar refractivity (Wildman–Crippen MR) is 71.7 cm³/mol. The number of nitrogens with one attached hydrogen (secondary N) is 1. The van der Waals surface area contributed by atoms with Gasteiger partial charge in [0.15, 0.2) is 0 Å². The highest BCUT2D eigenvalue weighted by Crippen LogP contribution is 2.27.